The highest BCUT2D eigenvalue weighted by Gasteiger charge is 2.22. The Morgan fingerprint density at radius 3 is 3.00 bits per heavy atom. The van der Waals surface area contributed by atoms with Gasteiger partial charge in [-0.15, -0.1) is 0 Å². The van der Waals surface area contributed by atoms with E-state index in [1.54, 1.807) is 7.05 Å². The molecule has 4 heteroatoms. The summed E-state index contributed by atoms with van der Waals surface area (Å²) in [5.41, 5.74) is 0. The van der Waals surface area contributed by atoms with Crippen LogP contribution < -0.4 is 10.6 Å². The minimum absolute atomic E-state index is 0.0930. The maximum absolute atomic E-state index is 11.2. The zero-order valence-electron chi connectivity index (χ0n) is 9.18. The van der Waals surface area contributed by atoms with Gasteiger partial charge in [0.15, 0.2) is 0 Å². The summed E-state index contributed by atoms with van der Waals surface area (Å²) in [5, 5.41) is 5.79. The highest BCUT2D eigenvalue weighted by Crippen LogP contribution is 2.15. The lowest BCUT2D eigenvalue weighted by molar-refractivity contribution is -0.120. The molecule has 2 N–H and O–H groups in total. The number of nitrogens with one attached hydrogen (secondary N) is 2. The second-order valence-corrected chi connectivity index (χ2v) is 3.76. The molecule has 0 aromatic rings. The predicted octanol–water partition coefficient (Wildman–Crippen LogP) is -0.194. The number of hydrogen-bond acceptors (Lipinski definition) is 3. The Morgan fingerprint density at radius 1 is 1.57 bits per heavy atom. The van der Waals surface area contributed by atoms with Crippen molar-refractivity contribution >= 4 is 5.91 Å². The number of amides is 1. The van der Waals surface area contributed by atoms with Crippen molar-refractivity contribution in [3.8, 4) is 0 Å². The number of hydrogen-bond donors (Lipinski definition) is 2. The van der Waals surface area contributed by atoms with Crippen molar-refractivity contribution in [1.29, 1.82) is 0 Å². The summed E-state index contributed by atoms with van der Waals surface area (Å²) in [4.78, 5) is 13.6. The van der Waals surface area contributed by atoms with Gasteiger partial charge in [0, 0.05) is 12.6 Å². The summed E-state index contributed by atoms with van der Waals surface area (Å²) in [6.45, 7) is 5.66. The summed E-state index contributed by atoms with van der Waals surface area (Å²) in [5.74, 6) is 0.0930. The molecule has 0 radical (unpaired) electrons. The van der Waals surface area contributed by atoms with E-state index in [1.807, 2.05) is 0 Å². The minimum Gasteiger partial charge on any atom is -0.353 e. The van der Waals surface area contributed by atoms with Gasteiger partial charge in [-0.05, 0) is 33.0 Å². The van der Waals surface area contributed by atoms with Gasteiger partial charge in [0.05, 0.1) is 6.54 Å². The zero-order valence-corrected chi connectivity index (χ0v) is 9.18. The van der Waals surface area contributed by atoms with Crippen LogP contribution in [0, 0.1) is 0 Å². The van der Waals surface area contributed by atoms with Gasteiger partial charge in [0.2, 0.25) is 5.91 Å². The zero-order chi connectivity index (χ0) is 10.4. The molecule has 1 fully saturated rings. The van der Waals surface area contributed by atoms with Crippen molar-refractivity contribution in [2.75, 3.05) is 33.2 Å². The van der Waals surface area contributed by atoms with Crippen LogP contribution in [0.3, 0.4) is 0 Å². The second-order valence-electron chi connectivity index (χ2n) is 3.76. The van der Waals surface area contributed by atoms with Gasteiger partial charge in [0.25, 0.3) is 0 Å². The number of rotatable bonds is 5. The number of likely N-dealkylation sites (tertiary alicyclic amines) is 1. The summed E-state index contributed by atoms with van der Waals surface area (Å²) >= 11 is 0. The molecule has 1 atom stereocenters. The molecule has 1 aliphatic heterocycles. The molecule has 14 heavy (non-hydrogen) atoms. The fourth-order valence-corrected chi connectivity index (χ4v) is 2.00. The van der Waals surface area contributed by atoms with E-state index in [2.05, 4.69) is 22.5 Å². The van der Waals surface area contributed by atoms with Gasteiger partial charge in [-0.2, -0.15) is 0 Å². The lowest BCUT2D eigenvalue weighted by Gasteiger charge is -2.22. The first-order valence-corrected chi connectivity index (χ1v) is 5.43. The Labute approximate surface area is 86.0 Å². The Balaban J connectivity index is 2.20. The number of carbonyl (C=O) groups is 1. The lowest BCUT2D eigenvalue weighted by Crippen LogP contribution is -2.42. The summed E-state index contributed by atoms with van der Waals surface area (Å²) in [6, 6.07) is 0.556. The van der Waals surface area contributed by atoms with E-state index in [-0.39, 0.29) is 5.91 Å². The molecule has 4 nitrogen and oxygen atoms in total. The molecule has 0 aromatic carbocycles. The smallest absolute Gasteiger partial charge is 0.234 e. The van der Waals surface area contributed by atoms with Crippen LogP contribution in [0.5, 0.6) is 0 Å². The van der Waals surface area contributed by atoms with Gasteiger partial charge >= 0.3 is 0 Å². The Hall–Kier alpha value is -0.610. The number of nitrogens with zero attached hydrogens (tertiary/aromatic N) is 1. The van der Waals surface area contributed by atoms with E-state index in [0.29, 0.717) is 12.6 Å². The maximum atomic E-state index is 11.2. The van der Waals surface area contributed by atoms with Crippen molar-refractivity contribution in [2.24, 2.45) is 0 Å². The van der Waals surface area contributed by atoms with Gasteiger partial charge in [0.1, 0.15) is 0 Å². The van der Waals surface area contributed by atoms with Crippen LogP contribution in [0.4, 0.5) is 0 Å². The van der Waals surface area contributed by atoms with Gasteiger partial charge in [-0.25, -0.2) is 0 Å². The molecule has 1 saturated heterocycles. The third kappa shape index (κ3) is 3.27. The molecule has 82 valence electrons. The second kappa shape index (κ2) is 5.98. The first-order valence-electron chi connectivity index (χ1n) is 5.43. The van der Waals surface area contributed by atoms with Gasteiger partial charge in [-0.1, -0.05) is 6.92 Å². The minimum atomic E-state index is 0.0930. The van der Waals surface area contributed by atoms with Crippen molar-refractivity contribution in [2.45, 2.75) is 25.8 Å². The molecule has 0 bridgehead atoms. The van der Waals surface area contributed by atoms with Crippen LogP contribution in [0.2, 0.25) is 0 Å². The number of carbonyl (C=O) groups excluding carboxylic acids is 1. The van der Waals surface area contributed by atoms with E-state index in [1.165, 1.54) is 19.4 Å². The van der Waals surface area contributed by atoms with E-state index in [9.17, 15) is 4.79 Å². The molecular weight excluding hydrogens is 178 g/mol. The van der Waals surface area contributed by atoms with E-state index in [0.717, 1.165) is 13.1 Å². The van der Waals surface area contributed by atoms with Crippen LogP contribution in [0.1, 0.15) is 19.8 Å². The van der Waals surface area contributed by atoms with E-state index in [4.69, 9.17) is 0 Å². The lowest BCUT2D eigenvalue weighted by atomic mass is 10.2. The molecule has 0 aliphatic carbocycles. The van der Waals surface area contributed by atoms with E-state index >= 15 is 0 Å². The van der Waals surface area contributed by atoms with Gasteiger partial charge < -0.3 is 10.6 Å². The summed E-state index contributed by atoms with van der Waals surface area (Å²) in [6.07, 6.45) is 2.48. The SMILES string of the molecule is CCN1CCCC1CNC(=O)CNC. The Kier molecular flexibility index (Phi) is 4.90. The largest absolute Gasteiger partial charge is 0.353 e. The molecule has 0 saturated carbocycles. The average molecular weight is 199 g/mol. The normalized spacial score (nSPS) is 22.6. The topological polar surface area (TPSA) is 44.4 Å². The van der Waals surface area contributed by atoms with Crippen LogP contribution in [0.15, 0.2) is 0 Å². The molecule has 1 amide bonds. The van der Waals surface area contributed by atoms with Crippen molar-refractivity contribution in [3.63, 3.8) is 0 Å². The van der Waals surface area contributed by atoms with Crippen LogP contribution in [0.25, 0.3) is 0 Å². The first kappa shape index (κ1) is 11.5. The molecule has 1 rings (SSSR count). The van der Waals surface area contributed by atoms with Crippen LogP contribution >= 0.6 is 0 Å². The monoisotopic (exact) mass is 199 g/mol. The van der Waals surface area contributed by atoms with Crippen LogP contribution in [-0.4, -0.2) is 50.1 Å². The highest BCUT2D eigenvalue weighted by atomic mass is 16.1. The molecule has 0 spiro atoms. The fourth-order valence-electron chi connectivity index (χ4n) is 2.00. The molecule has 1 unspecified atom stereocenters. The third-order valence-electron chi connectivity index (χ3n) is 2.78. The van der Waals surface area contributed by atoms with Crippen molar-refractivity contribution < 1.29 is 4.79 Å². The third-order valence-corrected chi connectivity index (χ3v) is 2.78. The maximum Gasteiger partial charge on any atom is 0.234 e. The van der Waals surface area contributed by atoms with Crippen molar-refractivity contribution in [3.05, 3.63) is 0 Å². The highest BCUT2D eigenvalue weighted by molar-refractivity contribution is 5.77. The predicted molar refractivity (Wildman–Crippen MR) is 57.2 cm³/mol. The van der Waals surface area contributed by atoms with Gasteiger partial charge in [-0.3, -0.25) is 9.69 Å². The van der Waals surface area contributed by atoms with Crippen molar-refractivity contribution in [1.82, 2.24) is 15.5 Å². The molecule has 1 heterocycles. The average Bonchev–Trinajstić information content (AvgIpc) is 2.62. The first-order chi connectivity index (χ1) is 6.77. The fraction of sp³-hybridized carbons (Fsp3) is 0.900. The molecule has 0 aromatic heterocycles. The van der Waals surface area contributed by atoms with Crippen LogP contribution in [-0.2, 0) is 4.79 Å². The Morgan fingerprint density at radius 2 is 2.36 bits per heavy atom. The standard InChI is InChI=1S/C10H21N3O/c1-3-13-6-4-5-9(13)7-12-10(14)8-11-2/h9,11H,3-8H2,1-2H3,(H,12,14). The summed E-state index contributed by atoms with van der Waals surface area (Å²) in [7, 11) is 1.79. The molecular formula is C10H21N3O. The Bertz CT molecular complexity index is 184. The summed E-state index contributed by atoms with van der Waals surface area (Å²) < 4.78 is 0. The quantitative estimate of drug-likeness (QED) is 0.645. The van der Waals surface area contributed by atoms with E-state index < -0.39 is 0 Å². The number of likely N-dealkylation sites (N-methyl/N-ethyl adjacent to an activating group) is 2. The molecule has 1 aliphatic rings.